The fraction of sp³-hybridized carbons (Fsp3) is 0.412. The summed E-state index contributed by atoms with van der Waals surface area (Å²) in [5.41, 5.74) is 7.59. The Bertz CT molecular complexity index is 634. The van der Waals surface area contributed by atoms with E-state index in [9.17, 15) is 9.59 Å². The van der Waals surface area contributed by atoms with Crippen LogP contribution in [0.1, 0.15) is 24.2 Å². The number of anilines is 1. The van der Waals surface area contributed by atoms with Crippen molar-refractivity contribution in [2.45, 2.75) is 25.9 Å². The Labute approximate surface area is 135 Å². The maximum Gasteiger partial charge on any atom is 0.414 e. The van der Waals surface area contributed by atoms with E-state index in [1.165, 1.54) is 4.90 Å². The molecule has 2 aliphatic rings. The molecular weight excluding hydrogens is 294 g/mol. The number of hydrogen-bond donors (Lipinski definition) is 2. The van der Waals surface area contributed by atoms with E-state index in [4.69, 9.17) is 4.74 Å². The maximum atomic E-state index is 12.4. The summed E-state index contributed by atoms with van der Waals surface area (Å²) >= 11 is 0. The Hall–Kier alpha value is -2.18. The number of cyclic esters (lactones) is 1. The highest BCUT2D eigenvalue weighted by molar-refractivity contribution is 6.05. The van der Waals surface area contributed by atoms with Crippen molar-refractivity contribution in [3.05, 3.63) is 42.0 Å². The van der Waals surface area contributed by atoms with Crippen LogP contribution in [-0.2, 0) is 4.74 Å². The molecule has 0 saturated carbocycles. The summed E-state index contributed by atoms with van der Waals surface area (Å²) in [5.74, 6) is 0.196. The van der Waals surface area contributed by atoms with E-state index in [0.717, 1.165) is 0 Å². The molecule has 1 amide bonds. The van der Waals surface area contributed by atoms with Crippen molar-refractivity contribution in [2.75, 3.05) is 18.1 Å². The summed E-state index contributed by atoms with van der Waals surface area (Å²) in [4.78, 5) is 25.6. The molecule has 0 spiro atoms. The first-order valence-electron chi connectivity index (χ1n) is 7.84. The molecule has 1 aromatic rings. The van der Waals surface area contributed by atoms with Crippen LogP contribution in [0.3, 0.4) is 0 Å². The highest BCUT2D eigenvalue weighted by Crippen LogP contribution is 2.21. The van der Waals surface area contributed by atoms with Gasteiger partial charge in [-0.05, 0) is 32.1 Å². The summed E-state index contributed by atoms with van der Waals surface area (Å²) < 4.78 is 4.93. The molecule has 122 valence electrons. The molecule has 2 unspecified atom stereocenters. The second-order valence-corrected chi connectivity index (χ2v) is 5.98. The average Bonchev–Trinajstić information content (AvgIpc) is 3.11. The van der Waals surface area contributed by atoms with Gasteiger partial charge in [0.25, 0.3) is 0 Å². The third-order valence-corrected chi connectivity index (χ3v) is 4.37. The van der Waals surface area contributed by atoms with Crippen molar-refractivity contribution in [1.29, 1.82) is 0 Å². The predicted octanol–water partition coefficient (Wildman–Crippen LogP) is 1.88. The molecule has 6 nitrogen and oxygen atoms in total. The summed E-state index contributed by atoms with van der Waals surface area (Å²) in [5, 5.41) is 0. The number of carbonyl (C=O) groups is 2. The van der Waals surface area contributed by atoms with Gasteiger partial charge in [-0.1, -0.05) is 18.2 Å². The molecule has 0 bridgehead atoms. The number of ether oxygens (including phenoxy) is 1. The van der Waals surface area contributed by atoms with E-state index in [-0.39, 0.29) is 29.9 Å². The number of carbonyl (C=O) groups excluding carboxylic acids is 2. The largest absolute Gasteiger partial charge is 0.447 e. The second-order valence-electron chi connectivity index (χ2n) is 5.98. The molecule has 0 aliphatic carbocycles. The lowest BCUT2D eigenvalue weighted by Crippen LogP contribution is -2.30. The van der Waals surface area contributed by atoms with Crippen LogP contribution in [-0.4, -0.2) is 37.1 Å². The minimum Gasteiger partial charge on any atom is -0.447 e. The third-order valence-electron chi connectivity index (χ3n) is 4.37. The van der Waals surface area contributed by atoms with Crippen LogP contribution in [0.15, 0.2) is 36.4 Å². The molecule has 2 atom stereocenters. The Morgan fingerprint density at radius 1 is 1.30 bits per heavy atom. The number of allylic oxidation sites excluding steroid dienone is 1. The van der Waals surface area contributed by atoms with Gasteiger partial charge < -0.3 is 4.74 Å². The van der Waals surface area contributed by atoms with E-state index < -0.39 is 0 Å². The first-order valence-corrected chi connectivity index (χ1v) is 7.84. The normalized spacial score (nSPS) is 27.7. The van der Waals surface area contributed by atoms with E-state index >= 15 is 0 Å². The fourth-order valence-electron chi connectivity index (χ4n) is 2.97. The first-order chi connectivity index (χ1) is 11.1. The lowest BCUT2D eigenvalue weighted by molar-refractivity contribution is 0.104. The number of hydrogen-bond acceptors (Lipinski definition) is 5. The van der Waals surface area contributed by atoms with Crippen molar-refractivity contribution in [1.82, 2.24) is 10.9 Å². The highest BCUT2D eigenvalue weighted by Gasteiger charge is 2.27. The summed E-state index contributed by atoms with van der Waals surface area (Å²) in [6, 6.07) is 7.64. The van der Waals surface area contributed by atoms with Gasteiger partial charge in [-0.2, -0.15) is 0 Å². The van der Waals surface area contributed by atoms with E-state index in [0.29, 0.717) is 24.4 Å². The van der Waals surface area contributed by atoms with E-state index in [2.05, 4.69) is 24.7 Å². The van der Waals surface area contributed by atoms with Crippen molar-refractivity contribution in [2.24, 2.45) is 5.92 Å². The van der Waals surface area contributed by atoms with Gasteiger partial charge in [-0.25, -0.2) is 4.79 Å². The number of benzene rings is 1. The Kier molecular flexibility index (Phi) is 4.45. The van der Waals surface area contributed by atoms with Crippen LogP contribution >= 0.6 is 0 Å². The predicted molar refractivity (Wildman–Crippen MR) is 87.3 cm³/mol. The zero-order valence-corrected chi connectivity index (χ0v) is 13.3. The molecule has 3 rings (SSSR count). The summed E-state index contributed by atoms with van der Waals surface area (Å²) in [6.07, 6.45) is 3.20. The molecule has 2 aliphatic heterocycles. The molecule has 2 fully saturated rings. The second kappa shape index (κ2) is 6.52. The SMILES string of the molecule is CC1NNC(C)C1/C=C/C(=O)c1cccc(N2CCOC2=O)c1. The molecular formula is C17H21N3O3. The zero-order chi connectivity index (χ0) is 16.4. The van der Waals surface area contributed by atoms with Crippen LogP contribution in [0.5, 0.6) is 0 Å². The first kappa shape index (κ1) is 15.7. The van der Waals surface area contributed by atoms with Gasteiger partial charge in [0, 0.05) is 29.3 Å². The number of amides is 1. The van der Waals surface area contributed by atoms with Crippen molar-refractivity contribution in [3.63, 3.8) is 0 Å². The lowest BCUT2D eigenvalue weighted by Gasteiger charge is -2.14. The molecule has 2 saturated heterocycles. The van der Waals surface area contributed by atoms with Gasteiger partial charge in [-0.15, -0.1) is 0 Å². The fourth-order valence-corrected chi connectivity index (χ4v) is 2.97. The van der Waals surface area contributed by atoms with Gasteiger partial charge in [0.1, 0.15) is 6.61 Å². The van der Waals surface area contributed by atoms with Crippen LogP contribution < -0.4 is 15.8 Å². The molecule has 0 aromatic heterocycles. The topological polar surface area (TPSA) is 70.7 Å². The minimum absolute atomic E-state index is 0.0642. The Morgan fingerprint density at radius 2 is 2.04 bits per heavy atom. The van der Waals surface area contributed by atoms with Gasteiger partial charge in [0.15, 0.2) is 5.78 Å². The molecule has 23 heavy (non-hydrogen) atoms. The number of ketones is 1. The number of nitrogens with one attached hydrogen (secondary N) is 2. The number of hydrazine groups is 1. The third kappa shape index (κ3) is 3.28. The smallest absolute Gasteiger partial charge is 0.414 e. The standard InChI is InChI=1S/C17H21N3O3/c1-11-15(12(2)19-18-11)6-7-16(21)13-4-3-5-14(10-13)20-8-9-23-17(20)22/h3-7,10-12,15,18-19H,8-9H2,1-2H3/b7-6+. The maximum absolute atomic E-state index is 12.4. The van der Waals surface area contributed by atoms with Crippen LogP contribution in [0.2, 0.25) is 0 Å². The monoisotopic (exact) mass is 315 g/mol. The Balaban J connectivity index is 1.74. The quantitative estimate of drug-likeness (QED) is 0.656. The van der Waals surface area contributed by atoms with Gasteiger partial charge in [-0.3, -0.25) is 20.5 Å². The van der Waals surface area contributed by atoms with Crippen LogP contribution in [0.25, 0.3) is 0 Å². The van der Waals surface area contributed by atoms with E-state index in [1.54, 1.807) is 24.3 Å². The molecule has 2 heterocycles. The van der Waals surface area contributed by atoms with Crippen molar-refractivity contribution < 1.29 is 14.3 Å². The summed E-state index contributed by atoms with van der Waals surface area (Å²) in [7, 11) is 0. The van der Waals surface area contributed by atoms with Gasteiger partial charge in [0.05, 0.1) is 6.54 Å². The molecule has 2 N–H and O–H groups in total. The lowest BCUT2D eigenvalue weighted by atomic mass is 9.95. The highest BCUT2D eigenvalue weighted by atomic mass is 16.6. The summed E-state index contributed by atoms with van der Waals surface area (Å²) in [6.45, 7) is 5.06. The molecule has 1 aromatic carbocycles. The van der Waals surface area contributed by atoms with Gasteiger partial charge >= 0.3 is 6.09 Å². The van der Waals surface area contributed by atoms with Crippen LogP contribution in [0, 0.1) is 5.92 Å². The molecule has 0 radical (unpaired) electrons. The average molecular weight is 315 g/mol. The van der Waals surface area contributed by atoms with Gasteiger partial charge in [0.2, 0.25) is 0 Å². The van der Waals surface area contributed by atoms with Crippen molar-refractivity contribution in [3.8, 4) is 0 Å². The van der Waals surface area contributed by atoms with Crippen LogP contribution in [0.4, 0.5) is 10.5 Å². The minimum atomic E-state index is -0.365. The van der Waals surface area contributed by atoms with Crippen molar-refractivity contribution >= 4 is 17.6 Å². The molecule has 6 heteroatoms. The number of nitrogens with zero attached hydrogens (tertiary/aromatic N) is 1. The van der Waals surface area contributed by atoms with E-state index in [1.807, 2.05) is 12.1 Å². The Morgan fingerprint density at radius 3 is 2.70 bits per heavy atom. The number of rotatable bonds is 4. The zero-order valence-electron chi connectivity index (χ0n) is 13.3.